The van der Waals surface area contributed by atoms with Crippen molar-refractivity contribution in [3.05, 3.63) is 52.6 Å². The van der Waals surface area contributed by atoms with Crippen molar-refractivity contribution in [3.8, 4) is 0 Å². The molecule has 1 heterocycles. The van der Waals surface area contributed by atoms with Gasteiger partial charge in [-0.1, -0.05) is 6.07 Å². The minimum atomic E-state index is -0.514. The van der Waals surface area contributed by atoms with Crippen LogP contribution in [0.25, 0.3) is 0 Å². The van der Waals surface area contributed by atoms with Crippen LogP contribution < -0.4 is 5.32 Å². The highest BCUT2D eigenvalue weighted by molar-refractivity contribution is 6.03. The molecule has 1 N–H and O–H groups in total. The highest BCUT2D eigenvalue weighted by Gasteiger charge is 2.12. The molecule has 7 heteroatoms. The first kappa shape index (κ1) is 11.8. The number of hydrogen-bond acceptors (Lipinski definition) is 4. The molecule has 0 aliphatic carbocycles. The third-order valence-corrected chi connectivity index (χ3v) is 2.36. The Bertz CT molecular complexity index is 606. The monoisotopic (exact) mass is 246 g/mol. The Hall–Kier alpha value is -2.70. The molecule has 2 aromatic rings. The lowest BCUT2D eigenvalue weighted by Gasteiger charge is -2.05. The first-order valence-electron chi connectivity index (χ1n) is 5.10. The number of benzene rings is 1. The third kappa shape index (κ3) is 2.34. The third-order valence-electron chi connectivity index (χ3n) is 2.36. The second kappa shape index (κ2) is 4.66. The number of hydrogen-bond donors (Lipinski definition) is 1. The number of rotatable bonds is 3. The maximum atomic E-state index is 11.8. The first-order chi connectivity index (χ1) is 8.58. The van der Waals surface area contributed by atoms with Crippen LogP contribution in [0.1, 0.15) is 10.5 Å². The van der Waals surface area contributed by atoms with Gasteiger partial charge in [-0.05, 0) is 6.07 Å². The van der Waals surface area contributed by atoms with Crippen molar-refractivity contribution in [2.45, 2.75) is 0 Å². The minimum Gasteiger partial charge on any atom is -0.330 e. The summed E-state index contributed by atoms with van der Waals surface area (Å²) in [4.78, 5) is 25.7. The molecule has 7 nitrogen and oxygen atoms in total. The van der Waals surface area contributed by atoms with E-state index in [1.54, 1.807) is 17.7 Å². The number of amides is 1. The highest BCUT2D eigenvalue weighted by Crippen LogP contribution is 2.17. The number of nitrogens with zero attached hydrogens (tertiary/aromatic N) is 3. The van der Waals surface area contributed by atoms with Crippen molar-refractivity contribution in [1.29, 1.82) is 0 Å². The van der Waals surface area contributed by atoms with Gasteiger partial charge in [-0.2, -0.15) is 0 Å². The van der Waals surface area contributed by atoms with E-state index in [9.17, 15) is 14.9 Å². The Morgan fingerprint density at radius 2 is 2.28 bits per heavy atom. The zero-order chi connectivity index (χ0) is 13.1. The minimum absolute atomic E-state index is 0.0715. The van der Waals surface area contributed by atoms with E-state index in [0.717, 1.165) is 0 Å². The highest BCUT2D eigenvalue weighted by atomic mass is 16.6. The summed E-state index contributed by atoms with van der Waals surface area (Å²) in [5.41, 5.74) is 0.676. The van der Waals surface area contributed by atoms with Crippen molar-refractivity contribution in [2.75, 3.05) is 5.32 Å². The van der Waals surface area contributed by atoms with Gasteiger partial charge in [-0.3, -0.25) is 14.9 Å². The number of non-ortho nitro benzene ring substituents is 1. The summed E-state index contributed by atoms with van der Waals surface area (Å²) in [5.74, 6) is -0.365. The number of aryl methyl sites for hydroxylation is 1. The van der Waals surface area contributed by atoms with Gasteiger partial charge in [0.25, 0.3) is 11.6 Å². The van der Waals surface area contributed by atoms with E-state index in [-0.39, 0.29) is 11.6 Å². The van der Waals surface area contributed by atoms with Gasteiger partial charge in [-0.15, -0.1) is 0 Å². The lowest BCUT2D eigenvalue weighted by atomic mass is 10.2. The average molecular weight is 246 g/mol. The topological polar surface area (TPSA) is 90.1 Å². The number of nitro groups is 1. The Balaban J connectivity index is 2.20. The summed E-state index contributed by atoms with van der Waals surface area (Å²) in [6.07, 6.45) is 2.93. The van der Waals surface area contributed by atoms with Crippen molar-refractivity contribution in [3.63, 3.8) is 0 Å². The quantitative estimate of drug-likeness (QED) is 0.657. The van der Waals surface area contributed by atoms with Crippen molar-refractivity contribution < 1.29 is 9.72 Å². The molecule has 0 aliphatic heterocycles. The van der Waals surface area contributed by atoms with Crippen LogP contribution in [-0.2, 0) is 7.05 Å². The first-order valence-corrected chi connectivity index (χ1v) is 5.10. The van der Waals surface area contributed by atoms with E-state index >= 15 is 0 Å². The number of nitrogens with one attached hydrogen (secondary N) is 1. The van der Waals surface area contributed by atoms with Gasteiger partial charge in [0, 0.05) is 24.9 Å². The lowest BCUT2D eigenvalue weighted by molar-refractivity contribution is -0.384. The zero-order valence-corrected chi connectivity index (χ0v) is 9.53. The number of aromatic nitrogens is 2. The summed E-state index contributed by atoms with van der Waals surface area (Å²) < 4.78 is 1.56. The molecule has 1 amide bonds. The van der Waals surface area contributed by atoms with Gasteiger partial charge < -0.3 is 9.88 Å². The van der Waals surface area contributed by atoms with E-state index in [1.165, 1.54) is 30.7 Å². The largest absolute Gasteiger partial charge is 0.330 e. The van der Waals surface area contributed by atoms with Crippen LogP contribution in [0, 0.1) is 10.1 Å². The Morgan fingerprint density at radius 1 is 1.50 bits per heavy atom. The smallest absolute Gasteiger partial charge is 0.273 e. The number of anilines is 1. The van der Waals surface area contributed by atoms with Crippen molar-refractivity contribution >= 4 is 17.3 Å². The van der Waals surface area contributed by atoms with Gasteiger partial charge in [0.2, 0.25) is 0 Å². The maximum absolute atomic E-state index is 11.8. The Kier molecular flexibility index (Phi) is 3.05. The van der Waals surface area contributed by atoms with E-state index in [0.29, 0.717) is 11.4 Å². The molecule has 0 radical (unpaired) electrons. The van der Waals surface area contributed by atoms with Crippen LogP contribution in [0.15, 0.2) is 36.8 Å². The molecule has 0 atom stereocenters. The van der Waals surface area contributed by atoms with Crippen molar-refractivity contribution in [2.24, 2.45) is 7.05 Å². The van der Waals surface area contributed by atoms with Crippen LogP contribution in [0.3, 0.4) is 0 Å². The van der Waals surface area contributed by atoms with Gasteiger partial charge in [0.1, 0.15) is 5.69 Å². The molecule has 1 aromatic heterocycles. The van der Waals surface area contributed by atoms with Crippen LogP contribution in [0.2, 0.25) is 0 Å². The fourth-order valence-electron chi connectivity index (χ4n) is 1.47. The second-order valence-corrected chi connectivity index (χ2v) is 3.65. The van der Waals surface area contributed by atoms with E-state index in [2.05, 4.69) is 10.3 Å². The van der Waals surface area contributed by atoms with Crippen LogP contribution in [-0.4, -0.2) is 20.4 Å². The maximum Gasteiger partial charge on any atom is 0.273 e. The number of imidazole rings is 1. The SMILES string of the molecule is Cn1cncc1C(=O)Nc1cccc([N+](=O)[O-])c1. The standard InChI is InChI=1S/C11H10N4O3/c1-14-7-12-6-10(14)11(16)13-8-3-2-4-9(5-8)15(17)18/h2-7H,1H3,(H,13,16). The normalized spacial score (nSPS) is 10.1. The van der Waals surface area contributed by atoms with E-state index < -0.39 is 4.92 Å². The molecule has 0 saturated carbocycles. The average Bonchev–Trinajstić information content (AvgIpc) is 2.76. The van der Waals surface area contributed by atoms with Crippen molar-refractivity contribution in [1.82, 2.24) is 9.55 Å². The Labute approximate surface area is 102 Å². The molecule has 0 fully saturated rings. The molecule has 18 heavy (non-hydrogen) atoms. The molecular weight excluding hydrogens is 236 g/mol. The summed E-state index contributed by atoms with van der Waals surface area (Å²) in [5, 5.41) is 13.2. The predicted octanol–water partition coefficient (Wildman–Crippen LogP) is 1.58. The molecule has 0 aliphatic rings. The van der Waals surface area contributed by atoms with E-state index in [4.69, 9.17) is 0 Å². The molecule has 2 rings (SSSR count). The summed E-state index contributed by atoms with van der Waals surface area (Å²) >= 11 is 0. The summed E-state index contributed by atoms with van der Waals surface area (Å²) in [6.45, 7) is 0. The number of carbonyl (C=O) groups is 1. The van der Waals surface area contributed by atoms with Gasteiger partial charge in [0.05, 0.1) is 17.4 Å². The van der Waals surface area contributed by atoms with Gasteiger partial charge in [-0.25, -0.2) is 4.98 Å². The van der Waals surface area contributed by atoms with Crippen LogP contribution in [0.4, 0.5) is 11.4 Å². The fourth-order valence-corrected chi connectivity index (χ4v) is 1.47. The molecule has 92 valence electrons. The van der Waals surface area contributed by atoms with Crippen LogP contribution >= 0.6 is 0 Å². The molecular formula is C11H10N4O3. The molecule has 1 aromatic carbocycles. The molecule has 0 spiro atoms. The second-order valence-electron chi connectivity index (χ2n) is 3.65. The molecule has 0 unspecified atom stereocenters. The number of nitro benzene ring substituents is 1. The number of carbonyl (C=O) groups excluding carboxylic acids is 1. The summed E-state index contributed by atoms with van der Waals surface area (Å²) in [6, 6.07) is 5.76. The summed E-state index contributed by atoms with van der Waals surface area (Å²) in [7, 11) is 1.69. The molecule has 0 bridgehead atoms. The predicted molar refractivity (Wildman–Crippen MR) is 64.3 cm³/mol. The van der Waals surface area contributed by atoms with Crippen LogP contribution in [0.5, 0.6) is 0 Å². The van der Waals surface area contributed by atoms with Gasteiger partial charge >= 0.3 is 0 Å². The fraction of sp³-hybridized carbons (Fsp3) is 0.0909. The zero-order valence-electron chi connectivity index (χ0n) is 9.53. The van der Waals surface area contributed by atoms with Gasteiger partial charge in [0.15, 0.2) is 0 Å². The lowest BCUT2D eigenvalue weighted by Crippen LogP contribution is -2.15. The van der Waals surface area contributed by atoms with E-state index in [1.807, 2.05) is 0 Å². The Morgan fingerprint density at radius 3 is 2.89 bits per heavy atom. The molecule has 0 saturated heterocycles.